The monoisotopic (exact) mass is 333 g/mol. The number of likely N-dealkylation sites (tertiary alicyclic amines) is 1. The number of amides is 1. The van der Waals surface area contributed by atoms with E-state index in [0.29, 0.717) is 6.42 Å². The summed E-state index contributed by atoms with van der Waals surface area (Å²) in [4.78, 5) is 14.8. The summed E-state index contributed by atoms with van der Waals surface area (Å²) in [5.74, 6) is 0.264. The number of halogens is 1. The van der Waals surface area contributed by atoms with Crippen LogP contribution >= 0.6 is 15.9 Å². The lowest BCUT2D eigenvalue weighted by molar-refractivity contribution is -0.133. The number of benzene rings is 1. The van der Waals surface area contributed by atoms with Gasteiger partial charge in [0.15, 0.2) is 0 Å². The van der Waals surface area contributed by atoms with E-state index in [1.807, 2.05) is 24.3 Å². The normalized spacial score (nSPS) is 25.3. The molecule has 1 aromatic carbocycles. The van der Waals surface area contributed by atoms with Crippen molar-refractivity contribution in [2.45, 2.75) is 44.6 Å². The number of carbonyl (C=O) groups is 1. The number of rotatable bonds is 2. The van der Waals surface area contributed by atoms with Crippen molar-refractivity contribution < 1.29 is 4.79 Å². The van der Waals surface area contributed by atoms with Crippen molar-refractivity contribution in [3.05, 3.63) is 46.0 Å². The van der Waals surface area contributed by atoms with E-state index < -0.39 is 0 Å². The number of nitrogens with zero attached hydrogens (tertiary/aromatic N) is 1. The van der Waals surface area contributed by atoms with Crippen LogP contribution < -0.4 is 0 Å². The first-order chi connectivity index (χ1) is 9.61. The second-order valence-electron chi connectivity index (χ2n) is 6.01. The first-order valence-electron chi connectivity index (χ1n) is 7.33. The van der Waals surface area contributed by atoms with Crippen LogP contribution in [-0.2, 0) is 11.2 Å². The van der Waals surface area contributed by atoms with E-state index in [-0.39, 0.29) is 11.4 Å². The Hall–Kier alpha value is -1.09. The van der Waals surface area contributed by atoms with E-state index in [2.05, 4.69) is 33.8 Å². The highest BCUT2D eigenvalue weighted by Gasteiger charge is 2.43. The largest absolute Gasteiger partial charge is 0.333 e. The van der Waals surface area contributed by atoms with Crippen LogP contribution in [0.15, 0.2) is 40.4 Å². The SMILES string of the molecule is CC1=C[C@]2(CCCN2C(=O)Cc2ccccc2Br)CC1. The predicted molar refractivity (Wildman–Crippen MR) is 84.5 cm³/mol. The molecule has 0 radical (unpaired) electrons. The molecular formula is C17H20BrNO. The number of carbonyl (C=O) groups excluding carboxylic acids is 1. The molecule has 1 spiro atoms. The van der Waals surface area contributed by atoms with Gasteiger partial charge in [-0.2, -0.15) is 0 Å². The highest BCUT2D eigenvalue weighted by atomic mass is 79.9. The molecule has 1 aliphatic heterocycles. The molecule has 0 saturated carbocycles. The van der Waals surface area contributed by atoms with E-state index in [9.17, 15) is 4.79 Å². The third-order valence-corrected chi connectivity index (χ3v) is 5.37. The lowest BCUT2D eigenvalue weighted by Crippen LogP contribution is -2.45. The van der Waals surface area contributed by atoms with Gasteiger partial charge < -0.3 is 4.90 Å². The van der Waals surface area contributed by atoms with Gasteiger partial charge in [-0.3, -0.25) is 4.79 Å². The minimum atomic E-state index is 0.0302. The summed E-state index contributed by atoms with van der Waals surface area (Å²) in [5.41, 5.74) is 2.55. The zero-order chi connectivity index (χ0) is 14.2. The molecule has 1 atom stereocenters. The Morgan fingerprint density at radius 2 is 2.15 bits per heavy atom. The number of allylic oxidation sites excluding steroid dienone is 1. The van der Waals surface area contributed by atoms with E-state index in [1.165, 1.54) is 5.57 Å². The Labute approximate surface area is 129 Å². The second kappa shape index (κ2) is 5.36. The third kappa shape index (κ3) is 2.44. The van der Waals surface area contributed by atoms with Crippen molar-refractivity contribution in [3.8, 4) is 0 Å². The first-order valence-corrected chi connectivity index (χ1v) is 8.12. The van der Waals surface area contributed by atoms with Crippen LogP contribution in [0.3, 0.4) is 0 Å². The van der Waals surface area contributed by atoms with E-state index in [0.717, 1.165) is 42.3 Å². The van der Waals surface area contributed by atoms with Crippen LogP contribution in [-0.4, -0.2) is 22.9 Å². The quantitative estimate of drug-likeness (QED) is 0.746. The van der Waals surface area contributed by atoms with Crippen LogP contribution in [0.2, 0.25) is 0 Å². The fourth-order valence-corrected chi connectivity index (χ4v) is 4.03. The van der Waals surface area contributed by atoms with Gasteiger partial charge in [0, 0.05) is 11.0 Å². The Morgan fingerprint density at radius 3 is 2.85 bits per heavy atom. The smallest absolute Gasteiger partial charge is 0.227 e. The average Bonchev–Trinajstić information content (AvgIpc) is 3.00. The average molecular weight is 334 g/mol. The van der Waals surface area contributed by atoms with Gasteiger partial charge in [0.2, 0.25) is 5.91 Å². The fourth-order valence-electron chi connectivity index (χ4n) is 3.60. The van der Waals surface area contributed by atoms with Crippen LogP contribution in [0.25, 0.3) is 0 Å². The van der Waals surface area contributed by atoms with Crippen LogP contribution in [0.1, 0.15) is 38.2 Å². The fraction of sp³-hybridized carbons (Fsp3) is 0.471. The van der Waals surface area contributed by atoms with Crippen molar-refractivity contribution in [1.29, 1.82) is 0 Å². The molecule has 1 heterocycles. The summed E-state index contributed by atoms with van der Waals surface area (Å²) in [6.07, 6.45) is 7.35. The summed E-state index contributed by atoms with van der Waals surface area (Å²) >= 11 is 3.54. The molecule has 1 saturated heterocycles. The van der Waals surface area contributed by atoms with Crippen molar-refractivity contribution >= 4 is 21.8 Å². The standard InChI is InChI=1S/C17H20BrNO/c1-13-7-9-17(12-13)8-4-10-19(17)16(20)11-14-5-2-3-6-15(14)18/h2-3,5-6,12H,4,7-11H2,1H3/t17-/m0/s1. The van der Waals surface area contributed by atoms with Gasteiger partial charge in [-0.15, -0.1) is 0 Å². The molecule has 0 unspecified atom stereocenters. The molecule has 2 nitrogen and oxygen atoms in total. The summed E-state index contributed by atoms with van der Waals surface area (Å²) in [6.45, 7) is 3.09. The maximum atomic E-state index is 12.7. The molecule has 20 heavy (non-hydrogen) atoms. The van der Waals surface area contributed by atoms with Crippen molar-refractivity contribution in [3.63, 3.8) is 0 Å². The minimum absolute atomic E-state index is 0.0302. The molecule has 1 fully saturated rings. The van der Waals surface area contributed by atoms with Gasteiger partial charge >= 0.3 is 0 Å². The van der Waals surface area contributed by atoms with E-state index in [4.69, 9.17) is 0 Å². The highest BCUT2D eigenvalue weighted by Crippen LogP contribution is 2.41. The van der Waals surface area contributed by atoms with Gasteiger partial charge in [-0.05, 0) is 44.2 Å². The van der Waals surface area contributed by atoms with Gasteiger partial charge in [0.1, 0.15) is 0 Å². The topological polar surface area (TPSA) is 20.3 Å². The third-order valence-electron chi connectivity index (χ3n) is 4.60. The molecule has 0 aromatic heterocycles. The summed E-state index contributed by atoms with van der Waals surface area (Å²) in [7, 11) is 0. The first kappa shape index (κ1) is 13.9. The van der Waals surface area contributed by atoms with E-state index in [1.54, 1.807) is 0 Å². The van der Waals surface area contributed by atoms with Crippen molar-refractivity contribution in [2.75, 3.05) is 6.54 Å². The maximum absolute atomic E-state index is 12.7. The Kier molecular flexibility index (Phi) is 3.72. The van der Waals surface area contributed by atoms with Gasteiger partial charge in [0.25, 0.3) is 0 Å². The molecule has 3 rings (SSSR count). The lowest BCUT2D eigenvalue weighted by atomic mass is 9.95. The van der Waals surface area contributed by atoms with Gasteiger partial charge in [-0.25, -0.2) is 0 Å². The molecule has 0 N–H and O–H groups in total. The van der Waals surface area contributed by atoms with E-state index >= 15 is 0 Å². The zero-order valence-electron chi connectivity index (χ0n) is 11.9. The lowest BCUT2D eigenvalue weighted by Gasteiger charge is -2.34. The molecule has 1 aromatic rings. The van der Waals surface area contributed by atoms with Gasteiger partial charge in [0.05, 0.1) is 12.0 Å². The van der Waals surface area contributed by atoms with Crippen molar-refractivity contribution in [1.82, 2.24) is 4.90 Å². The highest BCUT2D eigenvalue weighted by molar-refractivity contribution is 9.10. The molecular weight excluding hydrogens is 314 g/mol. The zero-order valence-corrected chi connectivity index (χ0v) is 13.4. The Morgan fingerprint density at radius 1 is 1.35 bits per heavy atom. The second-order valence-corrected chi connectivity index (χ2v) is 6.87. The minimum Gasteiger partial charge on any atom is -0.333 e. The Bertz CT molecular complexity index is 566. The molecule has 1 aliphatic carbocycles. The summed E-state index contributed by atoms with van der Waals surface area (Å²) in [6, 6.07) is 8.01. The summed E-state index contributed by atoms with van der Waals surface area (Å²) in [5, 5.41) is 0. The van der Waals surface area contributed by atoms with Crippen molar-refractivity contribution in [2.24, 2.45) is 0 Å². The molecule has 106 valence electrons. The Balaban J connectivity index is 1.79. The van der Waals surface area contributed by atoms with Gasteiger partial charge in [-0.1, -0.05) is 45.8 Å². The molecule has 1 amide bonds. The van der Waals surface area contributed by atoms with Crippen LogP contribution in [0.5, 0.6) is 0 Å². The molecule has 3 heteroatoms. The number of hydrogen-bond donors (Lipinski definition) is 0. The van der Waals surface area contributed by atoms with Crippen LogP contribution in [0, 0.1) is 0 Å². The number of hydrogen-bond acceptors (Lipinski definition) is 1. The molecule has 0 bridgehead atoms. The molecule has 2 aliphatic rings. The van der Waals surface area contributed by atoms with Crippen LogP contribution in [0.4, 0.5) is 0 Å². The maximum Gasteiger partial charge on any atom is 0.227 e. The summed E-state index contributed by atoms with van der Waals surface area (Å²) < 4.78 is 1.03. The predicted octanol–water partition coefficient (Wildman–Crippen LogP) is 4.09.